The number of anilines is 1. The first-order valence-corrected chi connectivity index (χ1v) is 8.22. The Labute approximate surface area is 121 Å². The van der Waals surface area contributed by atoms with E-state index in [0.29, 0.717) is 30.3 Å². The number of benzene rings is 1. The first-order valence-electron chi connectivity index (χ1n) is 6.49. The van der Waals surface area contributed by atoms with Crippen molar-refractivity contribution in [3.05, 3.63) is 28.3 Å². The highest BCUT2D eigenvalue weighted by molar-refractivity contribution is 7.84. The lowest BCUT2D eigenvalue weighted by molar-refractivity contribution is -0.384. The Morgan fingerprint density at radius 1 is 1.40 bits per heavy atom. The zero-order chi connectivity index (χ0) is 15.0. The van der Waals surface area contributed by atoms with E-state index in [4.69, 9.17) is 4.74 Å². The van der Waals surface area contributed by atoms with Gasteiger partial charge in [0.2, 0.25) is 0 Å². The molecule has 0 fully saturated rings. The van der Waals surface area contributed by atoms with Gasteiger partial charge in [0.15, 0.2) is 0 Å². The summed E-state index contributed by atoms with van der Waals surface area (Å²) in [4.78, 5) is 10.4. The number of rotatable bonds is 9. The Hall–Kier alpha value is -1.63. The summed E-state index contributed by atoms with van der Waals surface area (Å²) in [7, 11) is -0.817. The molecule has 1 unspecified atom stereocenters. The molecular formula is C13H20N2O4S. The number of hydrogen-bond donors (Lipinski definition) is 1. The molecule has 1 atom stereocenters. The van der Waals surface area contributed by atoms with Crippen LogP contribution in [0.15, 0.2) is 18.2 Å². The summed E-state index contributed by atoms with van der Waals surface area (Å²) in [5.74, 6) is 1.10. The molecule has 20 heavy (non-hydrogen) atoms. The van der Waals surface area contributed by atoms with Crippen LogP contribution >= 0.6 is 0 Å². The normalized spacial score (nSPS) is 11.9. The van der Waals surface area contributed by atoms with Gasteiger partial charge in [-0.1, -0.05) is 6.92 Å². The van der Waals surface area contributed by atoms with Gasteiger partial charge < -0.3 is 10.1 Å². The molecule has 0 aliphatic heterocycles. The predicted molar refractivity (Wildman–Crippen MR) is 80.9 cm³/mol. The van der Waals surface area contributed by atoms with E-state index in [9.17, 15) is 14.3 Å². The smallest absolute Gasteiger partial charge is 0.275 e. The average Bonchev–Trinajstić information content (AvgIpc) is 2.41. The van der Waals surface area contributed by atoms with Crippen LogP contribution in [0.2, 0.25) is 0 Å². The van der Waals surface area contributed by atoms with E-state index in [2.05, 4.69) is 5.32 Å². The number of non-ortho nitro benzene ring substituents is 1. The van der Waals surface area contributed by atoms with Crippen LogP contribution in [0.3, 0.4) is 0 Å². The minimum absolute atomic E-state index is 0.000158. The molecule has 1 N–H and O–H groups in total. The Bertz CT molecular complexity index is 479. The van der Waals surface area contributed by atoms with Crippen LogP contribution in [0.25, 0.3) is 0 Å². The second-order valence-corrected chi connectivity index (χ2v) is 5.93. The van der Waals surface area contributed by atoms with Crippen LogP contribution in [0.4, 0.5) is 11.4 Å². The molecule has 0 heterocycles. The van der Waals surface area contributed by atoms with Crippen molar-refractivity contribution >= 4 is 22.2 Å². The highest BCUT2D eigenvalue weighted by Gasteiger charge is 2.10. The molecule has 0 amide bonds. The van der Waals surface area contributed by atoms with Gasteiger partial charge in [-0.25, -0.2) is 0 Å². The lowest BCUT2D eigenvalue weighted by Crippen LogP contribution is -2.07. The molecule has 0 aliphatic rings. The average molecular weight is 300 g/mol. The molecule has 0 radical (unpaired) electrons. The SMILES string of the molecule is CCCOc1cc(NCCCS(C)=O)cc([N+](=O)[O-])c1. The van der Waals surface area contributed by atoms with Gasteiger partial charge in [-0.05, 0) is 12.8 Å². The lowest BCUT2D eigenvalue weighted by atomic mass is 10.2. The Morgan fingerprint density at radius 3 is 2.75 bits per heavy atom. The largest absolute Gasteiger partial charge is 0.493 e. The van der Waals surface area contributed by atoms with E-state index in [0.717, 1.165) is 12.8 Å². The van der Waals surface area contributed by atoms with Crippen molar-refractivity contribution in [2.24, 2.45) is 0 Å². The van der Waals surface area contributed by atoms with Crippen LogP contribution in [-0.4, -0.2) is 34.3 Å². The molecule has 1 aromatic carbocycles. The van der Waals surface area contributed by atoms with E-state index in [1.54, 1.807) is 12.3 Å². The molecule has 6 nitrogen and oxygen atoms in total. The fraction of sp³-hybridized carbons (Fsp3) is 0.538. The van der Waals surface area contributed by atoms with Gasteiger partial charge in [0.25, 0.3) is 5.69 Å². The predicted octanol–water partition coefficient (Wildman–Crippen LogP) is 2.56. The zero-order valence-corrected chi connectivity index (χ0v) is 12.6. The second kappa shape index (κ2) is 8.52. The van der Waals surface area contributed by atoms with Crippen molar-refractivity contribution < 1.29 is 13.9 Å². The summed E-state index contributed by atoms with van der Waals surface area (Å²) >= 11 is 0. The third-order valence-corrected chi connectivity index (χ3v) is 3.38. The third kappa shape index (κ3) is 6.01. The monoisotopic (exact) mass is 300 g/mol. The highest BCUT2D eigenvalue weighted by atomic mass is 32.2. The summed E-state index contributed by atoms with van der Waals surface area (Å²) in [6.45, 7) is 3.12. The number of nitro groups is 1. The van der Waals surface area contributed by atoms with Crippen LogP contribution in [-0.2, 0) is 10.8 Å². The maximum Gasteiger partial charge on any atom is 0.275 e. The Balaban J connectivity index is 2.70. The summed E-state index contributed by atoms with van der Waals surface area (Å²) in [5, 5.41) is 14.0. The number of nitrogens with zero attached hydrogens (tertiary/aromatic N) is 1. The quantitative estimate of drug-likeness (QED) is 0.430. The van der Waals surface area contributed by atoms with Crippen molar-refractivity contribution in [2.45, 2.75) is 19.8 Å². The van der Waals surface area contributed by atoms with Crippen LogP contribution < -0.4 is 10.1 Å². The summed E-state index contributed by atoms with van der Waals surface area (Å²) in [6, 6.07) is 4.63. The summed E-state index contributed by atoms with van der Waals surface area (Å²) in [5.41, 5.74) is 0.646. The molecule has 112 valence electrons. The van der Waals surface area contributed by atoms with Gasteiger partial charge in [0, 0.05) is 47.2 Å². The van der Waals surface area contributed by atoms with Crippen molar-refractivity contribution in [1.29, 1.82) is 0 Å². The van der Waals surface area contributed by atoms with E-state index < -0.39 is 15.7 Å². The van der Waals surface area contributed by atoms with Gasteiger partial charge in [-0.15, -0.1) is 0 Å². The molecule has 1 rings (SSSR count). The third-order valence-electron chi connectivity index (χ3n) is 2.51. The van der Waals surface area contributed by atoms with Crippen molar-refractivity contribution in [2.75, 3.05) is 30.5 Å². The minimum Gasteiger partial charge on any atom is -0.493 e. The molecule has 0 saturated heterocycles. The first-order chi connectivity index (χ1) is 9.52. The van der Waals surface area contributed by atoms with Gasteiger partial charge in [0.1, 0.15) is 5.75 Å². The van der Waals surface area contributed by atoms with E-state index in [-0.39, 0.29) is 5.69 Å². The number of ether oxygens (including phenoxy) is 1. The maximum atomic E-state index is 10.9. The van der Waals surface area contributed by atoms with Gasteiger partial charge in [0.05, 0.1) is 17.6 Å². The molecular weight excluding hydrogens is 280 g/mol. The van der Waals surface area contributed by atoms with Crippen LogP contribution in [0, 0.1) is 10.1 Å². The van der Waals surface area contributed by atoms with Crippen molar-refractivity contribution in [1.82, 2.24) is 0 Å². The molecule has 0 aliphatic carbocycles. The maximum absolute atomic E-state index is 10.9. The molecule has 0 aromatic heterocycles. The van der Waals surface area contributed by atoms with E-state index in [1.165, 1.54) is 12.1 Å². The fourth-order valence-corrected chi connectivity index (χ4v) is 2.15. The van der Waals surface area contributed by atoms with Crippen molar-refractivity contribution in [3.8, 4) is 5.75 Å². The molecule has 0 spiro atoms. The van der Waals surface area contributed by atoms with E-state index >= 15 is 0 Å². The summed E-state index contributed by atoms with van der Waals surface area (Å²) in [6.07, 6.45) is 3.24. The standard InChI is InChI=1S/C13H20N2O4S/c1-3-6-19-13-9-11(8-12(10-13)15(16)17)14-5-4-7-20(2)18/h8-10,14H,3-7H2,1-2H3. The topological polar surface area (TPSA) is 81.5 Å². The van der Waals surface area contributed by atoms with Gasteiger partial charge in [-0.3, -0.25) is 14.3 Å². The molecule has 7 heteroatoms. The van der Waals surface area contributed by atoms with Crippen molar-refractivity contribution in [3.63, 3.8) is 0 Å². The number of nitrogens with one attached hydrogen (secondary N) is 1. The highest BCUT2D eigenvalue weighted by Crippen LogP contribution is 2.26. The van der Waals surface area contributed by atoms with Gasteiger partial charge in [-0.2, -0.15) is 0 Å². The Kier molecular flexibility index (Phi) is 7.00. The van der Waals surface area contributed by atoms with Crippen LogP contribution in [0.1, 0.15) is 19.8 Å². The molecule has 0 bridgehead atoms. The molecule has 0 saturated carbocycles. The van der Waals surface area contributed by atoms with Crippen LogP contribution in [0.5, 0.6) is 5.75 Å². The van der Waals surface area contributed by atoms with Gasteiger partial charge >= 0.3 is 0 Å². The minimum atomic E-state index is -0.817. The second-order valence-electron chi connectivity index (χ2n) is 4.38. The first kappa shape index (κ1) is 16.4. The molecule has 1 aromatic rings. The fourth-order valence-electron chi connectivity index (χ4n) is 1.60. The van der Waals surface area contributed by atoms with E-state index in [1.807, 2.05) is 6.92 Å². The Morgan fingerprint density at radius 2 is 2.15 bits per heavy atom. The summed E-state index contributed by atoms with van der Waals surface area (Å²) < 4.78 is 16.4. The zero-order valence-electron chi connectivity index (χ0n) is 11.8. The number of nitro benzene ring substituents is 1. The number of hydrogen-bond acceptors (Lipinski definition) is 5. The lowest BCUT2D eigenvalue weighted by Gasteiger charge is -2.09.